The zero-order valence-electron chi connectivity index (χ0n) is 17.4. The summed E-state index contributed by atoms with van der Waals surface area (Å²) < 4.78 is 17.8. The van der Waals surface area contributed by atoms with E-state index in [0.29, 0.717) is 11.3 Å². The van der Waals surface area contributed by atoms with E-state index in [1.807, 2.05) is 24.3 Å². The number of nitrogens with zero attached hydrogens (tertiary/aromatic N) is 1. The Morgan fingerprint density at radius 2 is 1.52 bits per heavy atom. The van der Waals surface area contributed by atoms with Gasteiger partial charge in [-0.15, -0.1) is 0 Å². The van der Waals surface area contributed by atoms with E-state index < -0.39 is 24.3 Å². The monoisotopic (exact) mass is 426 g/mol. The molecule has 3 rings (SSSR count). The highest BCUT2D eigenvalue weighted by Crippen LogP contribution is 2.21. The number of hydrogen-bond donors (Lipinski definition) is 1. The Balaban J connectivity index is 1.38. The molecule has 2 aromatic rings. The van der Waals surface area contributed by atoms with Crippen molar-refractivity contribution in [3.05, 3.63) is 59.9 Å². The van der Waals surface area contributed by atoms with Gasteiger partial charge in [-0.25, -0.2) is 4.39 Å². The van der Waals surface area contributed by atoms with E-state index in [0.717, 1.165) is 18.8 Å². The fourth-order valence-electron chi connectivity index (χ4n) is 3.50. The first kappa shape index (κ1) is 22.5. The summed E-state index contributed by atoms with van der Waals surface area (Å²) in [7, 11) is 0. The first-order chi connectivity index (χ1) is 15.0. The van der Waals surface area contributed by atoms with Gasteiger partial charge in [-0.2, -0.15) is 0 Å². The van der Waals surface area contributed by atoms with Gasteiger partial charge in [0, 0.05) is 36.4 Å². The van der Waals surface area contributed by atoms with Crippen molar-refractivity contribution in [1.29, 1.82) is 0 Å². The third kappa shape index (κ3) is 7.20. The zero-order valence-corrected chi connectivity index (χ0v) is 17.4. The highest BCUT2D eigenvalue weighted by Gasteiger charge is 2.13. The van der Waals surface area contributed by atoms with Crippen LogP contribution >= 0.6 is 0 Å². The summed E-state index contributed by atoms with van der Waals surface area (Å²) in [6.07, 6.45) is 4.71. The van der Waals surface area contributed by atoms with E-state index in [9.17, 15) is 18.8 Å². The summed E-state index contributed by atoms with van der Waals surface area (Å²) >= 11 is 0. The lowest BCUT2D eigenvalue weighted by Gasteiger charge is -2.22. The molecule has 1 fully saturated rings. The summed E-state index contributed by atoms with van der Waals surface area (Å²) in [6.45, 7) is 1.67. The summed E-state index contributed by atoms with van der Waals surface area (Å²) in [5.41, 5.74) is 2.10. The predicted molar refractivity (Wildman–Crippen MR) is 117 cm³/mol. The molecule has 1 amide bonds. The lowest BCUT2D eigenvalue weighted by atomic mass is 10.1. The fraction of sp³-hybridized carbons (Fsp3) is 0.375. The summed E-state index contributed by atoms with van der Waals surface area (Å²) in [5, 5.41) is 2.70. The van der Waals surface area contributed by atoms with Gasteiger partial charge >= 0.3 is 5.97 Å². The van der Waals surface area contributed by atoms with Crippen molar-refractivity contribution in [2.24, 2.45) is 0 Å². The highest BCUT2D eigenvalue weighted by atomic mass is 19.1. The Bertz CT molecular complexity index is 889. The second kappa shape index (κ2) is 11.2. The molecule has 0 saturated carbocycles. The molecule has 1 aliphatic rings. The molecule has 2 aromatic carbocycles. The van der Waals surface area contributed by atoms with Gasteiger partial charge in [-0.3, -0.25) is 14.4 Å². The standard InChI is InChI=1S/C24H27FN2O4/c25-19-7-5-18(6-8-19)22(28)13-14-24(30)31-17-23(29)26-20-9-11-21(12-10-20)27-15-3-1-2-4-16-27/h5-12H,1-4,13-17H2,(H,26,29). The Hall–Kier alpha value is -3.22. The lowest BCUT2D eigenvalue weighted by molar-refractivity contribution is -0.147. The molecule has 31 heavy (non-hydrogen) atoms. The molecule has 6 nitrogen and oxygen atoms in total. The average Bonchev–Trinajstić information content (AvgIpc) is 3.07. The quantitative estimate of drug-likeness (QED) is 0.502. The van der Waals surface area contributed by atoms with Crippen LogP contribution in [0.2, 0.25) is 0 Å². The van der Waals surface area contributed by atoms with Crippen LogP contribution in [-0.4, -0.2) is 37.4 Å². The average molecular weight is 426 g/mol. The number of ketones is 1. The number of carbonyl (C=O) groups excluding carboxylic acids is 3. The molecule has 164 valence electrons. The molecule has 0 spiro atoms. The van der Waals surface area contributed by atoms with Crippen molar-refractivity contribution < 1.29 is 23.5 Å². The van der Waals surface area contributed by atoms with Gasteiger partial charge in [0.2, 0.25) is 0 Å². The van der Waals surface area contributed by atoms with Gasteiger partial charge in [0.15, 0.2) is 12.4 Å². The van der Waals surface area contributed by atoms with Gasteiger partial charge in [-0.1, -0.05) is 12.8 Å². The molecule has 0 radical (unpaired) electrons. The topological polar surface area (TPSA) is 75.7 Å². The zero-order chi connectivity index (χ0) is 22.1. The minimum Gasteiger partial charge on any atom is -0.456 e. The van der Waals surface area contributed by atoms with Crippen LogP contribution in [0, 0.1) is 5.82 Å². The molecular formula is C24H27FN2O4. The SMILES string of the molecule is O=C(COC(=O)CCC(=O)c1ccc(F)cc1)Nc1ccc(N2CCCCCC2)cc1. The molecule has 0 unspecified atom stereocenters. The first-order valence-electron chi connectivity index (χ1n) is 10.6. The van der Waals surface area contributed by atoms with Crippen LogP contribution in [0.15, 0.2) is 48.5 Å². The number of benzene rings is 2. The van der Waals surface area contributed by atoms with Crippen LogP contribution in [0.4, 0.5) is 15.8 Å². The highest BCUT2D eigenvalue weighted by molar-refractivity contribution is 5.98. The molecule has 0 atom stereocenters. The Morgan fingerprint density at radius 3 is 2.16 bits per heavy atom. The first-order valence-corrected chi connectivity index (χ1v) is 10.6. The minimum absolute atomic E-state index is 0.0654. The maximum absolute atomic E-state index is 12.9. The van der Waals surface area contributed by atoms with E-state index >= 15 is 0 Å². The Labute approximate surface area is 181 Å². The molecule has 7 heteroatoms. The van der Waals surface area contributed by atoms with E-state index in [2.05, 4.69) is 10.2 Å². The van der Waals surface area contributed by atoms with E-state index in [1.54, 1.807) is 0 Å². The van der Waals surface area contributed by atoms with Crippen molar-refractivity contribution in [2.45, 2.75) is 38.5 Å². The molecular weight excluding hydrogens is 399 g/mol. The Morgan fingerprint density at radius 1 is 0.871 bits per heavy atom. The molecule has 0 aromatic heterocycles. The number of ether oxygens (including phenoxy) is 1. The van der Waals surface area contributed by atoms with Crippen molar-refractivity contribution in [2.75, 3.05) is 29.9 Å². The summed E-state index contributed by atoms with van der Waals surface area (Å²) in [6, 6.07) is 12.8. The molecule has 1 aliphatic heterocycles. The van der Waals surface area contributed by atoms with Gasteiger partial charge < -0.3 is 15.0 Å². The van der Waals surface area contributed by atoms with Gasteiger partial charge in [0.25, 0.3) is 5.91 Å². The third-order valence-electron chi connectivity index (χ3n) is 5.21. The van der Waals surface area contributed by atoms with E-state index in [1.165, 1.54) is 49.9 Å². The van der Waals surface area contributed by atoms with Gasteiger partial charge in [0.1, 0.15) is 5.82 Å². The molecule has 1 heterocycles. The van der Waals surface area contributed by atoms with Crippen molar-refractivity contribution in [1.82, 2.24) is 0 Å². The summed E-state index contributed by atoms with van der Waals surface area (Å²) in [5.74, 6) is -1.80. The van der Waals surface area contributed by atoms with Gasteiger partial charge in [0.05, 0.1) is 6.42 Å². The number of carbonyl (C=O) groups is 3. The maximum atomic E-state index is 12.9. The molecule has 1 N–H and O–H groups in total. The third-order valence-corrected chi connectivity index (χ3v) is 5.21. The number of rotatable bonds is 8. The number of esters is 1. The van der Waals surface area contributed by atoms with Crippen LogP contribution in [-0.2, 0) is 14.3 Å². The van der Waals surface area contributed by atoms with Crippen LogP contribution in [0.25, 0.3) is 0 Å². The number of amides is 1. The number of nitrogens with one attached hydrogen (secondary N) is 1. The predicted octanol–water partition coefficient (Wildman–Crippen LogP) is 4.35. The molecule has 0 bridgehead atoms. The summed E-state index contributed by atoms with van der Waals surface area (Å²) in [4.78, 5) is 38.2. The lowest BCUT2D eigenvalue weighted by Crippen LogP contribution is -2.24. The van der Waals surface area contributed by atoms with Gasteiger partial charge in [-0.05, 0) is 61.4 Å². The largest absolute Gasteiger partial charge is 0.456 e. The molecule has 1 saturated heterocycles. The number of halogens is 1. The number of Topliss-reactive ketones (excluding diaryl/α,β-unsaturated/α-hetero) is 1. The van der Waals surface area contributed by atoms with Crippen LogP contribution in [0.1, 0.15) is 48.9 Å². The molecule has 0 aliphatic carbocycles. The van der Waals surface area contributed by atoms with Crippen LogP contribution in [0.3, 0.4) is 0 Å². The second-order valence-electron chi connectivity index (χ2n) is 7.59. The number of hydrogen-bond acceptors (Lipinski definition) is 5. The maximum Gasteiger partial charge on any atom is 0.306 e. The Kier molecular flexibility index (Phi) is 8.15. The normalized spacial score (nSPS) is 13.9. The van der Waals surface area contributed by atoms with Crippen molar-refractivity contribution in [3.63, 3.8) is 0 Å². The number of anilines is 2. The second-order valence-corrected chi connectivity index (χ2v) is 7.59. The van der Waals surface area contributed by atoms with E-state index in [4.69, 9.17) is 4.74 Å². The van der Waals surface area contributed by atoms with Crippen LogP contribution < -0.4 is 10.2 Å². The fourth-order valence-corrected chi connectivity index (χ4v) is 3.50. The minimum atomic E-state index is -0.637. The van der Waals surface area contributed by atoms with Crippen molar-refractivity contribution in [3.8, 4) is 0 Å². The van der Waals surface area contributed by atoms with E-state index in [-0.39, 0.29) is 18.6 Å². The smallest absolute Gasteiger partial charge is 0.306 e. The van der Waals surface area contributed by atoms with Crippen molar-refractivity contribution >= 4 is 29.0 Å². The van der Waals surface area contributed by atoms with Crippen LogP contribution in [0.5, 0.6) is 0 Å².